The van der Waals surface area contributed by atoms with Gasteiger partial charge in [-0.3, -0.25) is 20.0 Å². The van der Waals surface area contributed by atoms with Gasteiger partial charge in [0.1, 0.15) is 5.82 Å². The molecule has 2 aliphatic rings. The van der Waals surface area contributed by atoms with Gasteiger partial charge in [0, 0.05) is 28.3 Å². The Morgan fingerprint density at radius 2 is 1.85 bits per heavy atom. The largest absolute Gasteiger partial charge is 0.294 e. The molecule has 0 radical (unpaired) electrons. The summed E-state index contributed by atoms with van der Waals surface area (Å²) >= 11 is 4.89. The molecule has 0 spiro atoms. The lowest BCUT2D eigenvalue weighted by atomic mass is 10.2. The molecule has 2 heterocycles. The summed E-state index contributed by atoms with van der Waals surface area (Å²) in [5, 5.41) is 4.99. The zero-order chi connectivity index (χ0) is 18.1. The molecule has 0 saturated heterocycles. The molecule has 0 aliphatic carbocycles. The van der Waals surface area contributed by atoms with E-state index in [0.29, 0.717) is 10.9 Å². The first-order valence-electron chi connectivity index (χ1n) is 7.87. The van der Waals surface area contributed by atoms with Crippen LogP contribution in [0.25, 0.3) is 0 Å². The Kier molecular flexibility index (Phi) is 4.69. The number of fused-ring (bicyclic) bond motifs is 1. The summed E-state index contributed by atoms with van der Waals surface area (Å²) in [7, 11) is 0. The van der Waals surface area contributed by atoms with Crippen molar-refractivity contribution >= 4 is 44.5 Å². The summed E-state index contributed by atoms with van der Waals surface area (Å²) < 4.78 is 13.9. The van der Waals surface area contributed by atoms with Crippen LogP contribution in [0.2, 0.25) is 0 Å². The third-order valence-corrected chi connectivity index (χ3v) is 5.58. The van der Waals surface area contributed by atoms with Crippen molar-refractivity contribution in [3.05, 3.63) is 76.8 Å². The van der Waals surface area contributed by atoms with E-state index in [9.17, 15) is 9.18 Å². The Balaban J connectivity index is 1.46. The molecule has 8 heteroatoms. The second kappa shape index (κ2) is 7.13. The van der Waals surface area contributed by atoms with Gasteiger partial charge in [-0.1, -0.05) is 39.8 Å². The lowest BCUT2D eigenvalue weighted by Gasteiger charge is -2.31. The molecule has 2 aromatic carbocycles. The van der Waals surface area contributed by atoms with Gasteiger partial charge in [-0.05, 0) is 42.0 Å². The number of hydrazone groups is 1. The number of halogens is 2. The number of hydrogen-bond acceptors (Lipinski definition) is 5. The van der Waals surface area contributed by atoms with Gasteiger partial charge in [0.2, 0.25) is 6.17 Å². The summed E-state index contributed by atoms with van der Waals surface area (Å²) in [6.07, 6.45) is 3.02. The van der Waals surface area contributed by atoms with Crippen molar-refractivity contribution in [2.45, 2.75) is 11.9 Å². The lowest BCUT2D eigenvalue weighted by Crippen LogP contribution is -2.52. The maximum absolute atomic E-state index is 13.0. The second-order valence-corrected chi connectivity index (χ2v) is 7.59. The Bertz CT molecular complexity index is 885. The van der Waals surface area contributed by atoms with Crippen molar-refractivity contribution < 1.29 is 9.18 Å². The molecule has 1 N–H and O–H groups in total. The van der Waals surface area contributed by atoms with Crippen molar-refractivity contribution in [1.82, 2.24) is 10.3 Å². The molecule has 0 saturated carbocycles. The Morgan fingerprint density at radius 1 is 1.12 bits per heavy atom. The van der Waals surface area contributed by atoms with E-state index in [1.807, 2.05) is 35.4 Å². The summed E-state index contributed by atoms with van der Waals surface area (Å²) in [6, 6.07) is 13.9. The summed E-state index contributed by atoms with van der Waals surface area (Å²) in [5.74, 6) is 0.287. The van der Waals surface area contributed by atoms with Crippen LogP contribution in [0.1, 0.15) is 5.56 Å². The molecule has 0 bridgehead atoms. The van der Waals surface area contributed by atoms with Gasteiger partial charge < -0.3 is 0 Å². The number of nitrogens with zero attached hydrogens (tertiary/aromatic N) is 3. The third kappa shape index (κ3) is 3.34. The number of carbonyl (C=O) groups excluding carboxylic acids is 1. The molecule has 0 aromatic heterocycles. The first-order valence-corrected chi connectivity index (χ1v) is 9.65. The minimum Gasteiger partial charge on any atom is -0.294 e. The number of amidine groups is 1. The molecule has 1 atom stereocenters. The van der Waals surface area contributed by atoms with Crippen LogP contribution in [0.4, 0.5) is 10.1 Å². The van der Waals surface area contributed by atoms with Crippen LogP contribution in [0.15, 0.2) is 70.5 Å². The molecular weight excluding hydrogens is 419 g/mol. The van der Waals surface area contributed by atoms with Gasteiger partial charge in [-0.2, -0.15) is 5.10 Å². The Hall–Kier alpha value is -2.32. The first-order chi connectivity index (χ1) is 12.6. The van der Waals surface area contributed by atoms with Gasteiger partial charge in [-0.15, -0.1) is 0 Å². The molecule has 2 aromatic rings. The Labute approximate surface area is 162 Å². The fourth-order valence-corrected chi connectivity index (χ4v) is 3.85. The van der Waals surface area contributed by atoms with Crippen LogP contribution in [0.5, 0.6) is 0 Å². The van der Waals surface area contributed by atoms with Crippen LogP contribution >= 0.6 is 27.7 Å². The van der Waals surface area contributed by atoms with Crippen LogP contribution in [0, 0.1) is 5.82 Å². The molecule has 1 unspecified atom stereocenters. The number of benzene rings is 2. The van der Waals surface area contributed by atoms with Gasteiger partial charge in [-0.25, -0.2) is 4.39 Å². The number of rotatable bonds is 3. The lowest BCUT2D eigenvalue weighted by molar-refractivity contribution is -0.122. The van der Waals surface area contributed by atoms with E-state index in [2.05, 4.69) is 26.5 Å². The van der Waals surface area contributed by atoms with E-state index >= 15 is 0 Å². The highest BCUT2D eigenvalue weighted by Gasteiger charge is 2.38. The van der Waals surface area contributed by atoms with Crippen LogP contribution in [-0.2, 0) is 10.5 Å². The zero-order valence-electron chi connectivity index (χ0n) is 13.5. The fourth-order valence-electron chi connectivity index (χ4n) is 2.66. The van der Waals surface area contributed by atoms with E-state index in [1.54, 1.807) is 23.2 Å². The third-order valence-electron chi connectivity index (χ3n) is 4.02. The zero-order valence-corrected chi connectivity index (χ0v) is 15.9. The predicted octanol–water partition coefficient (Wildman–Crippen LogP) is 3.84. The fraction of sp³-hybridized carbons (Fsp3) is 0.111. The molecule has 5 nitrogen and oxygen atoms in total. The number of carbonyl (C=O) groups is 1. The predicted molar refractivity (Wildman–Crippen MR) is 105 cm³/mol. The topological polar surface area (TPSA) is 47.9 Å². The molecule has 0 fully saturated rings. The quantitative estimate of drug-likeness (QED) is 0.800. The second-order valence-electron chi connectivity index (χ2n) is 5.73. The molecule has 26 heavy (non-hydrogen) atoms. The van der Waals surface area contributed by atoms with Crippen molar-refractivity contribution in [3.8, 4) is 0 Å². The monoisotopic (exact) mass is 432 g/mol. The van der Waals surface area contributed by atoms with Crippen LogP contribution < -0.4 is 10.3 Å². The number of amides is 1. The summed E-state index contributed by atoms with van der Waals surface area (Å²) in [6.45, 7) is 0. The van der Waals surface area contributed by atoms with Crippen molar-refractivity contribution in [2.75, 3.05) is 4.90 Å². The maximum Gasteiger partial charge on any atom is 0.276 e. The van der Waals surface area contributed by atoms with Crippen molar-refractivity contribution in [2.24, 2.45) is 5.10 Å². The molecule has 132 valence electrons. The average Bonchev–Trinajstić information content (AvgIpc) is 3.07. The van der Waals surface area contributed by atoms with Crippen LogP contribution in [0.3, 0.4) is 0 Å². The molecule has 4 rings (SSSR count). The van der Waals surface area contributed by atoms with E-state index in [-0.39, 0.29) is 11.7 Å². The molecule has 2 aliphatic heterocycles. The van der Waals surface area contributed by atoms with Crippen LogP contribution in [-0.4, -0.2) is 22.1 Å². The van der Waals surface area contributed by atoms with E-state index in [0.717, 1.165) is 15.7 Å². The molecular formula is C18H14BrFN4OS. The van der Waals surface area contributed by atoms with E-state index < -0.39 is 6.17 Å². The van der Waals surface area contributed by atoms with Gasteiger partial charge in [0.05, 0.1) is 0 Å². The van der Waals surface area contributed by atoms with Gasteiger partial charge in [0.15, 0.2) is 5.17 Å². The van der Waals surface area contributed by atoms with Crippen molar-refractivity contribution in [1.29, 1.82) is 0 Å². The number of thioether (sulfide) groups is 1. The summed E-state index contributed by atoms with van der Waals surface area (Å²) in [5.41, 5.74) is 4.68. The van der Waals surface area contributed by atoms with Crippen molar-refractivity contribution in [3.63, 3.8) is 0 Å². The van der Waals surface area contributed by atoms with E-state index in [4.69, 9.17) is 0 Å². The maximum atomic E-state index is 13.0. The minimum absolute atomic E-state index is 0.101. The highest BCUT2D eigenvalue weighted by molar-refractivity contribution is 9.10. The highest BCUT2D eigenvalue weighted by Crippen LogP contribution is 2.27. The highest BCUT2D eigenvalue weighted by atomic mass is 79.9. The van der Waals surface area contributed by atoms with Gasteiger partial charge >= 0.3 is 0 Å². The molecule has 1 amide bonds. The summed E-state index contributed by atoms with van der Waals surface area (Å²) in [4.78, 5) is 16.2. The Morgan fingerprint density at radius 3 is 2.58 bits per heavy atom. The van der Waals surface area contributed by atoms with E-state index in [1.165, 1.54) is 23.9 Å². The SMILES string of the molecule is O=C1C2NN=C(SCc3ccc(F)cc3)N2C=CN1c1ccc(Br)cc1. The minimum atomic E-state index is -0.556. The number of hydrogen-bond donors (Lipinski definition) is 1. The van der Waals surface area contributed by atoms with Gasteiger partial charge in [0.25, 0.3) is 5.91 Å². The number of anilines is 1. The average molecular weight is 433 g/mol. The number of nitrogens with one attached hydrogen (secondary N) is 1. The normalized spacial score (nSPS) is 18.6. The smallest absolute Gasteiger partial charge is 0.276 e. The standard InChI is InChI=1S/C18H14BrFN4OS/c19-13-3-7-15(8-4-13)23-9-10-24-16(17(23)25)21-22-18(24)26-11-12-1-5-14(20)6-2-12/h1-10,16,21H,11H2. The first kappa shape index (κ1) is 17.1.